The van der Waals surface area contributed by atoms with Crippen molar-refractivity contribution in [3.05, 3.63) is 81.5 Å². The number of rotatable bonds is 2. The zero-order valence-electron chi connectivity index (χ0n) is 15.2. The number of alkyl halides is 2. The minimum absolute atomic E-state index is 0.141. The first kappa shape index (κ1) is 18.8. The summed E-state index contributed by atoms with van der Waals surface area (Å²) in [5, 5.41) is 6.52. The first-order valence-electron chi connectivity index (χ1n) is 9.06. The van der Waals surface area contributed by atoms with Crippen molar-refractivity contribution in [3.63, 3.8) is 0 Å². The lowest BCUT2D eigenvalue weighted by Gasteiger charge is -2.10. The van der Waals surface area contributed by atoms with Gasteiger partial charge in [0, 0.05) is 29.0 Å². The van der Waals surface area contributed by atoms with Crippen LogP contribution in [0.4, 0.5) is 0 Å². The topological polar surface area (TPSA) is 17.1 Å². The molecule has 5 aromatic rings. The molecule has 0 saturated heterocycles. The van der Waals surface area contributed by atoms with Crippen molar-refractivity contribution in [2.75, 3.05) is 0 Å². The average Bonchev–Trinajstić information content (AvgIpc) is 2.71. The van der Waals surface area contributed by atoms with Crippen molar-refractivity contribution in [2.24, 2.45) is 0 Å². The molecule has 0 bridgehead atoms. The Morgan fingerprint density at radius 2 is 1.29 bits per heavy atom. The van der Waals surface area contributed by atoms with Crippen molar-refractivity contribution < 1.29 is 0 Å². The van der Waals surface area contributed by atoms with Gasteiger partial charge in [-0.1, -0.05) is 68.9 Å². The highest BCUT2D eigenvalue weighted by Crippen LogP contribution is 2.32. The summed E-state index contributed by atoms with van der Waals surface area (Å²) in [6.45, 7) is 2.04. The highest BCUT2D eigenvalue weighted by molar-refractivity contribution is 14.1. The van der Waals surface area contributed by atoms with Crippen molar-refractivity contribution in [3.8, 4) is 0 Å². The van der Waals surface area contributed by atoms with E-state index in [0.29, 0.717) is 0 Å². The third-order valence-electron chi connectivity index (χ3n) is 5.34. The summed E-state index contributed by atoms with van der Waals surface area (Å²) in [4.78, 5) is 13.1. The molecule has 28 heavy (non-hydrogen) atoms. The van der Waals surface area contributed by atoms with Gasteiger partial charge in [0.15, 0.2) is 5.43 Å². The molecule has 0 saturated carbocycles. The van der Waals surface area contributed by atoms with E-state index in [1.165, 1.54) is 27.3 Å². The predicted octanol–water partition coefficient (Wildman–Crippen LogP) is 7.90. The lowest BCUT2D eigenvalue weighted by molar-refractivity contribution is 1.35. The van der Waals surface area contributed by atoms with E-state index in [9.17, 15) is 4.79 Å². The Balaban J connectivity index is 1.87. The summed E-state index contributed by atoms with van der Waals surface area (Å²) in [6.07, 6.45) is 0. The molecule has 0 N–H and O–H groups in total. The molecule has 0 aliphatic heterocycles. The van der Waals surface area contributed by atoms with E-state index in [4.69, 9.17) is 0 Å². The maximum absolute atomic E-state index is 13.1. The Morgan fingerprint density at radius 1 is 0.714 bits per heavy atom. The highest BCUT2D eigenvalue weighted by atomic mass is 127. The van der Waals surface area contributed by atoms with Crippen LogP contribution in [0, 0.1) is 6.92 Å². The van der Waals surface area contributed by atoms with E-state index in [1.54, 1.807) is 11.3 Å². The molecule has 1 heterocycles. The molecule has 0 aliphatic rings. The van der Waals surface area contributed by atoms with Gasteiger partial charge in [-0.25, -0.2) is 0 Å². The van der Waals surface area contributed by atoms with E-state index in [2.05, 4.69) is 93.7 Å². The fraction of sp³-hybridized carbons (Fsp3) is 0.125. The second-order valence-electron chi connectivity index (χ2n) is 7.21. The first-order valence-corrected chi connectivity index (χ1v) is 12.9. The molecular weight excluding hydrogens is 590 g/mol. The second kappa shape index (κ2) is 7.22. The normalized spacial score (nSPS) is 11.8. The summed E-state index contributed by atoms with van der Waals surface area (Å²) < 4.78 is 4.15. The molecule has 138 valence electrons. The molecule has 0 aliphatic carbocycles. The number of fused-ring (bicyclic) bond motifs is 4. The summed E-state index contributed by atoms with van der Waals surface area (Å²) in [6, 6.07) is 19.6. The van der Waals surface area contributed by atoms with E-state index < -0.39 is 0 Å². The molecular formula is C24H16I2OS. The van der Waals surface area contributed by atoms with E-state index in [1.807, 2.05) is 13.0 Å². The number of hydrogen-bond acceptors (Lipinski definition) is 2. The van der Waals surface area contributed by atoms with Crippen molar-refractivity contribution in [1.82, 2.24) is 0 Å². The van der Waals surface area contributed by atoms with Crippen molar-refractivity contribution >= 4 is 98.2 Å². The van der Waals surface area contributed by atoms with Crippen LogP contribution in [0.1, 0.15) is 16.7 Å². The summed E-state index contributed by atoms with van der Waals surface area (Å²) in [7, 11) is 0. The minimum atomic E-state index is 0.141. The SMILES string of the molecule is Cc1ccc2sc3cc4cc5cc(CI)c(CI)cc5cc4cc3c(=O)c2c1. The van der Waals surface area contributed by atoms with Gasteiger partial charge in [0.25, 0.3) is 0 Å². The van der Waals surface area contributed by atoms with Crippen LogP contribution < -0.4 is 5.43 Å². The Hall–Kier alpha value is -1.25. The van der Waals surface area contributed by atoms with Crippen LogP contribution in [0.25, 0.3) is 41.7 Å². The van der Waals surface area contributed by atoms with Gasteiger partial charge in [-0.05, 0) is 76.0 Å². The van der Waals surface area contributed by atoms with Crippen LogP contribution >= 0.6 is 56.5 Å². The van der Waals surface area contributed by atoms with Crippen LogP contribution in [0.5, 0.6) is 0 Å². The van der Waals surface area contributed by atoms with Gasteiger partial charge >= 0.3 is 0 Å². The molecule has 1 aromatic heterocycles. The van der Waals surface area contributed by atoms with E-state index in [0.717, 1.165) is 40.0 Å². The predicted molar refractivity (Wildman–Crippen MR) is 141 cm³/mol. The Kier molecular flexibility index (Phi) is 4.83. The monoisotopic (exact) mass is 606 g/mol. The van der Waals surface area contributed by atoms with E-state index in [-0.39, 0.29) is 5.43 Å². The lowest BCUT2D eigenvalue weighted by atomic mass is 9.98. The summed E-state index contributed by atoms with van der Waals surface area (Å²) >= 11 is 6.58. The average molecular weight is 606 g/mol. The molecule has 0 unspecified atom stereocenters. The van der Waals surface area contributed by atoms with Crippen LogP contribution in [0.2, 0.25) is 0 Å². The molecule has 0 spiro atoms. The van der Waals surface area contributed by atoms with Gasteiger partial charge in [-0.15, -0.1) is 11.3 Å². The van der Waals surface area contributed by atoms with E-state index >= 15 is 0 Å². The number of benzene rings is 4. The maximum Gasteiger partial charge on any atom is 0.195 e. The highest BCUT2D eigenvalue weighted by Gasteiger charge is 2.10. The summed E-state index contributed by atoms with van der Waals surface area (Å²) in [5.41, 5.74) is 4.08. The smallest absolute Gasteiger partial charge is 0.195 e. The van der Waals surface area contributed by atoms with Gasteiger partial charge in [0.2, 0.25) is 0 Å². The Bertz CT molecular complexity index is 1470. The van der Waals surface area contributed by atoms with Gasteiger partial charge in [-0.3, -0.25) is 4.79 Å². The van der Waals surface area contributed by atoms with Crippen LogP contribution in [-0.4, -0.2) is 0 Å². The van der Waals surface area contributed by atoms with Gasteiger partial charge < -0.3 is 0 Å². The molecule has 4 heteroatoms. The molecule has 4 aromatic carbocycles. The first-order chi connectivity index (χ1) is 13.6. The number of aryl methyl sites for hydroxylation is 1. The summed E-state index contributed by atoms with van der Waals surface area (Å²) in [5.74, 6) is 0. The van der Waals surface area contributed by atoms with Gasteiger partial charge in [-0.2, -0.15) is 0 Å². The molecule has 5 rings (SSSR count). The number of halogens is 2. The molecule has 0 atom stereocenters. The zero-order valence-corrected chi connectivity index (χ0v) is 20.3. The van der Waals surface area contributed by atoms with Crippen molar-refractivity contribution in [1.29, 1.82) is 0 Å². The minimum Gasteiger partial charge on any atom is -0.289 e. The maximum atomic E-state index is 13.1. The second-order valence-corrected chi connectivity index (χ2v) is 9.82. The van der Waals surface area contributed by atoms with Crippen molar-refractivity contribution in [2.45, 2.75) is 15.8 Å². The van der Waals surface area contributed by atoms with Gasteiger partial charge in [0.05, 0.1) is 0 Å². The largest absolute Gasteiger partial charge is 0.289 e. The van der Waals surface area contributed by atoms with Gasteiger partial charge in [0.1, 0.15) is 0 Å². The Morgan fingerprint density at radius 3 is 1.93 bits per heavy atom. The van der Waals surface area contributed by atoms with Crippen LogP contribution in [-0.2, 0) is 8.86 Å². The zero-order chi connectivity index (χ0) is 19.4. The molecule has 1 nitrogen and oxygen atoms in total. The Labute approximate surface area is 194 Å². The fourth-order valence-electron chi connectivity index (χ4n) is 3.86. The molecule has 0 amide bonds. The van der Waals surface area contributed by atoms with Crippen LogP contribution in [0.3, 0.4) is 0 Å². The lowest BCUT2D eigenvalue weighted by Crippen LogP contribution is -2.01. The third kappa shape index (κ3) is 3.04. The third-order valence-corrected chi connectivity index (χ3v) is 8.12. The standard InChI is InChI=1S/C24H16I2OS/c1-13-2-3-22-20(4-13)24(27)21-9-16-5-14-7-18(11-25)19(12-26)8-15(14)6-17(16)10-23(21)28-22/h2-10H,11-12H2,1H3. The van der Waals surface area contributed by atoms with Crippen LogP contribution in [0.15, 0.2) is 59.4 Å². The molecule has 0 fully saturated rings. The number of hydrogen-bond donors (Lipinski definition) is 0. The fourth-order valence-corrected chi connectivity index (χ4v) is 6.36. The quantitative estimate of drug-likeness (QED) is 0.114. The molecule has 0 radical (unpaired) electrons.